The van der Waals surface area contributed by atoms with Crippen molar-refractivity contribution in [2.75, 3.05) is 13.2 Å². The van der Waals surface area contributed by atoms with Gasteiger partial charge in [-0.2, -0.15) is 0 Å². The van der Waals surface area contributed by atoms with Gasteiger partial charge in [-0.05, 0) is 0 Å². The second-order valence-electron chi connectivity index (χ2n) is 5.27. The first-order chi connectivity index (χ1) is 9.56. The summed E-state index contributed by atoms with van der Waals surface area (Å²) >= 11 is 0. The number of hydrogen-bond donors (Lipinski definition) is 2. The van der Waals surface area contributed by atoms with Crippen LogP contribution < -0.4 is 11.1 Å². The minimum atomic E-state index is -1.15. The lowest BCUT2D eigenvalue weighted by molar-refractivity contribution is -0.166. The SMILES string of the molecule is CC(=O)OCC(C)(C)[C@@H](OC(C)=O)C(=O)NCCC(N)=O. The quantitative estimate of drug-likeness (QED) is 0.582. The Bertz CT molecular complexity index is 419. The van der Waals surface area contributed by atoms with Gasteiger partial charge in [-0.1, -0.05) is 13.8 Å². The summed E-state index contributed by atoms with van der Waals surface area (Å²) in [6.07, 6.45) is -1.18. The van der Waals surface area contributed by atoms with Gasteiger partial charge in [0.25, 0.3) is 5.91 Å². The minimum Gasteiger partial charge on any atom is -0.465 e. The monoisotopic (exact) mass is 302 g/mol. The molecule has 0 heterocycles. The molecule has 0 aromatic carbocycles. The smallest absolute Gasteiger partial charge is 0.303 e. The fourth-order valence-electron chi connectivity index (χ4n) is 1.50. The van der Waals surface area contributed by atoms with Crippen LogP contribution in [0.25, 0.3) is 0 Å². The van der Waals surface area contributed by atoms with Crippen LogP contribution in [0.1, 0.15) is 34.1 Å². The molecule has 0 aromatic rings. The van der Waals surface area contributed by atoms with Gasteiger partial charge in [-0.3, -0.25) is 19.2 Å². The van der Waals surface area contributed by atoms with E-state index < -0.39 is 35.3 Å². The number of hydrogen-bond acceptors (Lipinski definition) is 6. The van der Waals surface area contributed by atoms with E-state index in [1.165, 1.54) is 13.8 Å². The van der Waals surface area contributed by atoms with Gasteiger partial charge in [0.15, 0.2) is 6.10 Å². The zero-order chi connectivity index (χ0) is 16.6. The van der Waals surface area contributed by atoms with Crippen LogP contribution in [-0.4, -0.2) is 43.0 Å². The van der Waals surface area contributed by atoms with E-state index in [1.54, 1.807) is 13.8 Å². The molecule has 1 atom stereocenters. The average molecular weight is 302 g/mol. The van der Waals surface area contributed by atoms with Crippen molar-refractivity contribution < 1.29 is 28.7 Å². The molecule has 0 aliphatic heterocycles. The van der Waals surface area contributed by atoms with Crippen molar-refractivity contribution in [3.05, 3.63) is 0 Å². The Morgan fingerprint density at radius 2 is 1.71 bits per heavy atom. The Morgan fingerprint density at radius 1 is 1.14 bits per heavy atom. The van der Waals surface area contributed by atoms with Gasteiger partial charge in [0.2, 0.25) is 5.91 Å². The van der Waals surface area contributed by atoms with Gasteiger partial charge in [0.1, 0.15) is 6.61 Å². The summed E-state index contributed by atoms with van der Waals surface area (Å²) in [6.45, 7) is 5.60. The van der Waals surface area contributed by atoms with Crippen molar-refractivity contribution in [1.82, 2.24) is 5.32 Å². The van der Waals surface area contributed by atoms with Crippen LogP contribution in [0.15, 0.2) is 0 Å². The van der Waals surface area contributed by atoms with Crippen molar-refractivity contribution >= 4 is 23.8 Å². The Balaban J connectivity index is 4.82. The maximum Gasteiger partial charge on any atom is 0.303 e. The van der Waals surface area contributed by atoms with Gasteiger partial charge in [0.05, 0.1) is 0 Å². The first-order valence-corrected chi connectivity index (χ1v) is 6.43. The Kier molecular flexibility index (Phi) is 7.40. The molecule has 0 aliphatic carbocycles. The number of rotatable bonds is 8. The van der Waals surface area contributed by atoms with Crippen LogP contribution in [0.5, 0.6) is 0 Å². The molecule has 2 amide bonds. The topological polar surface area (TPSA) is 125 Å². The van der Waals surface area contributed by atoms with E-state index in [4.69, 9.17) is 15.2 Å². The van der Waals surface area contributed by atoms with Crippen molar-refractivity contribution in [1.29, 1.82) is 0 Å². The molecule has 0 saturated carbocycles. The summed E-state index contributed by atoms with van der Waals surface area (Å²) in [4.78, 5) is 44.7. The highest BCUT2D eigenvalue weighted by Gasteiger charge is 2.39. The molecule has 0 saturated heterocycles. The van der Waals surface area contributed by atoms with E-state index in [9.17, 15) is 19.2 Å². The van der Waals surface area contributed by atoms with Crippen LogP contribution in [0.3, 0.4) is 0 Å². The highest BCUT2D eigenvalue weighted by molar-refractivity contribution is 5.84. The van der Waals surface area contributed by atoms with Gasteiger partial charge < -0.3 is 20.5 Å². The van der Waals surface area contributed by atoms with Crippen LogP contribution in [0.2, 0.25) is 0 Å². The molecule has 0 radical (unpaired) electrons. The fourth-order valence-corrected chi connectivity index (χ4v) is 1.50. The van der Waals surface area contributed by atoms with E-state index in [-0.39, 0.29) is 19.6 Å². The van der Waals surface area contributed by atoms with Gasteiger partial charge in [-0.15, -0.1) is 0 Å². The summed E-state index contributed by atoms with van der Waals surface area (Å²) < 4.78 is 9.89. The number of ether oxygens (including phenoxy) is 2. The van der Waals surface area contributed by atoms with E-state index in [0.29, 0.717) is 0 Å². The number of nitrogens with two attached hydrogens (primary N) is 1. The molecule has 120 valence electrons. The van der Waals surface area contributed by atoms with E-state index in [0.717, 1.165) is 0 Å². The Morgan fingerprint density at radius 3 is 2.14 bits per heavy atom. The standard InChI is InChI=1S/C13H22N2O6/c1-8(16)20-7-13(3,4)11(21-9(2)17)12(19)15-6-5-10(14)18/h11H,5-7H2,1-4H3,(H2,14,18)(H,15,19)/t11-/m0/s1. The molecule has 0 unspecified atom stereocenters. The van der Waals surface area contributed by atoms with Crippen LogP contribution >= 0.6 is 0 Å². The zero-order valence-corrected chi connectivity index (χ0v) is 12.7. The zero-order valence-electron chi connectivity index (χ0n) is 12.7. The lowest BCUT2D eigenvalue weighted by Gasteiger charge is -2.31. The maximum absolute atomic E-state index is 12.1. The second kappa shape index (κ2) is 8.23. The first kappa shape index (κ1) is 18.9. The van der Waals surface area contributed by atoms with Crippen molar-refractivity contribution in [2.45, 2.75) is 40.2 Å². The maximum atomic E-state index is 12.1. The van der Waals surface area contributed by atoms with Crippen LogP contribution in [-0.2, 0) is 28.7 Å². The molecule has 0 rings (SSSR count). The Hall–Kier alpha value is -2.12. The summed E-state index contributed by atoms with van der Waals surface area (Å²) in [5, 5.41) is 2.46. The van der Waals surface area contributed by atoms with E-state index >= 15 is 0 Å². The number of nitrogens with one attached hydrogen (secondary N) is 1. The third-order valence-corrected chi connectivity index (χ3v) is 2.55. The van der Waals surface area contributed by atoms with Crippen LogP contribution in [0, 0.1) is 5.41 Å². The summed E-state index contributed by atoms with van der Waals surface area (Å²) in [5.41, 5.74) is 4.05. The highest BCUT2D eigenvalue weighted by atomic mass is 16.6. The summed E-state index contributed by atoms with van der Waals surface area (Å²) in [6, 6.07) is 0. The van der Waals surface area contributed by atoms with Crippen LogP contribution in [0.4, 0.5) is 0 Å². The van der Waals surface area contributed by atoms with E-state index in [2.05, 4.69) is 5.32 Å². The van der Waals surface area contributed by atoms with Crippen molar-refractivity contribution in [2.24, 2.45) is 11.1 Å². The molecule has 0 aliphatic rings. The fraction of sp³-hybridized carbons (Fsp3) is 0.692. The van der Waals surface area contributed by atoms with Crippen molar-refractivity contribution in [3.8, 4) is 0 Å². The number of primary amides is 1. The predicted octanol–water partition coefficient (Wildman–Crippen LogP) is -0.501. The predicted molar refractivity (Wildman–Crippen MR) is 72.8 cm³/mol. The Labute approximate surface area is 123 Å². The molecule has 8 heteroatoms. The molecule has 21 heavy (non-hydrogen) atoms. The number of carbonyl (C=O) groups excluding carboxylic acids is 4. The lowest BCUT2D eigenvalue weighted by atomic mass is 9.86. The number of carbonyl (C=O) groups is 4. The third kappa shape index (κ3) is 7.91. The lowest BCUT2D eigenvalue weighted by Crippen LogP contribution is -2.49. The summed E-state index contributed by atoms with van der Waals surface area (Å²) in [7, 11) is 0. The molecule has 0 bridgehead atoms. The molecule has 8 nitrogen and oxygen atoms in total. The third-order valence-electron chi connectivity index (χ3n) is 2.55. The molecule has 0 spiro atoms. The minimum absolute atomic E-state index is 0.0249. The average Bonchev–Trinajstić information content (AvgIpc) is 2.32. The van der Waals surface area contributed by atoms with Gasteiger partial charge >= 0.3 is 11.9 Å². The molecular weight excluding hydrogens is 280 g/mol. The normalized spacial score (nSPS) is 12.2. The molecule has 0 fully saturated rings. The molecular formula is C13H22N2O6. The second-order valence-corrected chi connectivity index (χ2v) is 5.27. The van der Waals surface area contributed by atoms with Crippen molar-refractivity contribution in [3.63, 3.8) is 0 Å². The van der Waals surface area contributed by atoms with Gasteiger partial charge in [0, 0.05) is 32.2 Å². The number of amides is 2. The number of esters is 2. The van der Waals surface area contributed by atoms with E-state index in [1.807, 2.05) is 0 Å². The highest BCUT2D eigenvalue weighted by Crippen LogP contribution is 2.24. The first-order valence-electron chi connectivity index (χ1n) is 6.43. The largest absolute Gasteiger partial charge is 0.465 e. The molecule has 0 aromatic heterocycles. The molecule has 3 N–H and O–H groups in total. The summed E-state index contributed by atoms with van der Waals surface area (Å²) in [5.74, 6) is -2.28. The van der Waals surface area contributed by atoms with Gasteiger partial charge in [-0.25, -0.2) is 0 Å².